The molecule has 0 saturated carbocycles. The average molecular weight is 431 g/mol. The fourth-order valence-electron chi connectivity index (χ4n) is 3.40. The van der Waals surface area contributed by atoms with Gasteiger partial charge in [-0.3, -0.25) is 9.78 Å². The van der Waals surface area contributed by atoms with Crippen molar-refractivity contribution in [3.05, 3.63) is 64.8 Å². The topological polar surface area (TPSA) is 51.7 Å². The zero-order chi connectivity index (χ0) is 20.2. The first-order chi connectivity index (χ1) is 14.1. The number of carbonyl (C=O) groups is 1. The van der Waals surface area contributed by atoms with E-state index >= 15 is 0 Å². The Labute approximate surface area is 179 Å². The third-order valence-corrected chi connectivity index (χ3v) is 5.46. The SMILES string of the molecule is O=C(COc1ccc(Cl)cc1Cl)N1CCC(Oc2cccc3cccnc23)CC1. The molecule has 1 fully saturated rings. The van der Waals surface area contributed by atoms with Crippen LogP contribution in [0.4, 0.5) is 0 Å². The predicted molar refractivity (Wildman–Crippen MR) is 114 cm³/mol. The summed E-state index contributed by atoms with van der Waals surface area (Å²) in [7, 11) is 0. The average Bonchev–Trinajstić information content (AvgIpc) is 2.74. The van der Waals surface area contributed by atoms with E-state index in [2.05, 4.69) is 4.98 Å². The van der Waals surface area contributed by atoms with Crippen LogP contribution in [0.15, 0.2) is 54.7 Å². The van der Waals surface area contributed by atoms with E-state index in [1.165, 1.54) is 0 Å². The number of pyridine rings is 1. The summed E-state index contributed by atoms with van der Waals surface area (Å²) in [4.78, 5) is 18.7. The number of benzene rings is 2. The van der Waals surface area contributed by atoms with Gasteiger partial charge in [0.05, 0.1) is 5.02 Å². The van der Waals surface area contributed by atoms with Gasteiger partial charge in [0.1, 0.15) is 23.1 Å². The second kappa shape index (κ2) is 8.89. The second-order valence-electron chi connectivity index (χ2n) is 6.89. The molecule has 1 amide bonds. The molecular formula is C22H20Cl2N2O3. The summed E-state index contributed by atoms with van der Waals surface area (Å²) in [5, 5.41) is 1.97. The van der Waals surface area contributed by atoms with Crippen molar-refractivity contribution in [3.8, 4) is 11.5 Å². The lowest BCUT2D eigenvalue weighted by molar-refractivity contribution is -0.135. The van der Waals surface area contributed by atoms with Crippen molar-refractivity contribution in [2.24, 2.45) is 0 Å². The smallest absolute Gasteiger partial charge is 0.260 e. The summed E-state index contributed by atoms with van der Waals surface area (Å²) >= 11 is 12.0. The van der Waals surface area contributed by atoms with Gasteiger partial charge in [0, 0.05) is 42.5 Å². The Morgan fingerprint density at radius 2 is 1.86 bits per heavy atom. The summed E-state index contributed by atoms with van der Waals surface area (Å²) in [5.41, 5.74) is 0.863. The van der Waals surface area contributed by atoms with E-state index < -0.39 is 0 Å². The molecule has 29 heavy (non-hydrogen) atoms. The highest BCUT2D eigenvalue weighted by Gasteiger charge is 2.25. The van der Waals surface area contributed by atoms with Crippen LogP contribution in [-0.4, -0.2) is 41.6 Å². The molecule has 1 saturated heterocycles. The number of likely N-dealkylation sites (tertiary alicyclic amines) is 1. The molecule has 0 N–H and O–H groups in total. The summed E-state index contributed by atoms with van der Waals surface area (Å²) < 4.78 is 11.7. The largest absolute Gasteiger partial charge is 0.488 e. The Morgan fingerprint density at radius 3 is 2.66 bits per heavy atom. The van der Waals surface area contributed by atoms with Crippen molar-refractivity contribution in [2.45, 2.75) is 18.9 Å². The molecule has 150 valence electrons. The lowest BCUT2D eigenvalue weighted by Crippen LogP contribution is -2.43. The summed E-state index contributed by atoms with van der Waals surface area (Å²) in [6.07, 6.45) is 3.34. The zero-order valence-electron chi connectivity index (χ0n) is 15.7. The standard InChI is InChI=1S/C22H20Cl2N2O3/c23-16-6-7-19(18(24)13-16)28-14-21(27)26-11-8-17(9-12-26)29-20-5-1-3-15-4-2-10-25-22(15)20/h1-7,10,13,17H,8-9,11-12,14H2. The summed E-state index contributed by atoms with van der Waals surface area (Å²) in [5.74, 6) is 1.17. The van der Waals surface area contributed by atoms with Gasteiger partial charge in [-0.15, -0.1) is 0 Å². The molecule has 3 aromatic rings. The van der Waals surface area contributed by atoms with Crippen molar-refractivity contribution in [1.29, 1.82) is 0 Å². The Bertz CT molecular complexity index is 1010. The molecule has 0 aliphatic carbocycles. The van der Waals surface area contributed by atoms with Crippen LogP contribution in [0.3, 0.4) is 0 Å². The second-order valence-corrected chi connectivity index (χ2v) is 7.74. The molecule has 1 aliphatic rings. The highest BCUT2D eigenvalue weighted by Crippen LogP contribution is 2.28. The van der Waals surface area contributed by atoms with E-state index in [1.807, 2.05) is 30.3 Å². The molecule has 2 aromatic carbocycles. The molecule has 0 atom stereocenters. The number of carbonyl (C=O) groups excluding carboxylic acids is 1. The van der Waals surface area contributed by atoms with Crippen LogP contribution in [0, 0.1) is 0 Å². The van der Waals surface area contributed by atoms with Crippen LogP contribution in [-0.2, 0) is 4.79 Å². The van der Waals surface area contributed by atoms with E-state index in [0.717, 1.165) is 29.5 Å². The fourth-order valence-corrected chi connectivity index (χ4v) is 3.86. The number of aromatic nitrogens is 1. The van der Waals surface area contributed by atoms with Gasteiger partial charge in [0.15, 0.2) is 6.61 Å². The van der Waals surface area contributed by atoms with Gasteiger partial charge in [-0.05, 0) is 30.3 Å². The quantitative estimate of drug-likeness (QED) is 0.571. The van der Waals surface area contributed by atoms with E-state index in [0.29, 0.717) is 28.9 Å². The van der Waals surface area contributed by atoms with E-state index in [9.17, 15) is 4.79 Å². The number of piperidine rings is 1. The number of hydrogen-bond donors (Lipinski definition) is 0. The number of nitrogens with zero attached hydrogens (tertiary/aromatic N) is 2. The first-order valence-corrected chi connectivity index (χ1v) is 10.2. The maximum Gasteiger partial charge on any atom is 0.260 e. The van der Waals surface area contributed by atoms with Crippen LogP contribution >= 0.6 is 23.2 Å². The number of ether oxygens (including phenoxy) is 2. The molecule has 0 unspecified atom stereocenters. The van der Waals surface area contributed by atoms with E-state index in [1.54, 1.807) is 29.3 Å². The number of rotatable bonds is 5. The van der Waals surface area contributed by atoms with E-state index in [-0.39, 0.29) is 18.6 Å². The third kappa shape index (κ3) is 4.74. The van der Waals surface area contributed by atoms with Crippen molar-refractivity contribution in [3.63, 3.8) is 0 Å². The lowest BCUT2D eigenvalue weighted by Gasteiger charge is -2.32. The van der Waals surface area contributed by atoms with Crippen molar-refractivity contribution in [2.75, 3.05) is 19.7 Å². The molecule has 5 nitrogen and oxygen atoms in total. The first-order valence-electron chi connectivity index (χ1n) is 9.46. The van der Waals surface area contributed by atoms with E-state index in [4.69, 9.17) is 32.7 Å². The van der Waals surface area contributed by atoms with Gasteiger partial charge in [0.25, 0.3) is 5.91 Å². The normalized spacial score (nSPS) is 14.8. The molecule has 4 rings (SSSR count). The molecule has 0 radical (unpaired) electrons. The first kappa shape index (κ1) is 19.8. The maximum absolute atomic E-state index is 12.5. The fraction of sp³-hybridized carbons (Fsp3) is 0.273. The Balaban J connectivity index is 1.30. The summed E-state index contributed by atoms with van der Waals surface area (Å²) in [6.45, 7) is 1.19. The van der Waals surface area contributed by atoms with Gasteiger partial charge in [-0.25, -0.2) is 0 Å². The molecule has 0 spiro atoms. The predicted octanol–water partition coefficient (Wildman–Crippen LogP) is 4.99. The number of hydrogen-bond acceptors (Lipinski definition) is 4. The lowest BCUT2D eigenvalue weighted by atomic mass is 10.1. The molecule has 0 bridgehead atoms. The molecule has 2 heterocycles. The Kier molecular flexibility index (Phi) is 6.07. The highest BCUT2D eigenvalue weighted by atomic mass is 35.5. The van der Waals surface area contributed by atoms with Gasteiger partial charge in [-0.2, -0.15) is 0 Å². The molecular weight excluding hydrogens is 411 g/mol. The third-order valence-electron chi connectivity index (χ3n) is 4.93. The number of para-hydroxylation sites is 1. The van der Waals surface area contributed by atoms with Gasteiger partial charge >= 0.3 is 0 Å². The van der Waals surface area contributed by atoms with Crippen molar-refractivity contribution < 1.29 is 14.3 Å². The maximum atomic E-state index is 12.5. The van der Waals surface area contributed by atoms with Crippen molar-refractivity contribution in [1.82, 2.24) is 9.88 Å². The Hall–Kier alpha value is -2.50. The van der Waals surface area contributed by atoms with Crippen LogP contribution < -0.4 is 9.47 Å². The monoisotopic (exact) mass is 430 g/mol. The van der Waals surface area contributed by atoms with Crippen LogP contribution in [0.5, 0.6) is 11.5 Å². The minimum atomic E-state index is -0.0682. The molecule has 1 aliphatic heterocycles. The molecule has 7 heteroatoms. The number of fused-ring (bicyclic) bond motifs is 1. The Morgan fingerprint density at radius 1 is 1.07 bits per heavy atom. The molecule has 1 aromatic heterocycles. The van der Waals surface area contributed by atoms with Crippen molar-refractivity contribution >= 4 is 40.0 Å². The minimum Gasteiger partial charge on any atom is -0.488 e. The van der Waals surface area contributed by atoms with Gasteiger partial charge in [-0.1, -0.05) is 41.4 Å². The van der Waals surface area contributed by atoms with Gasteiger partial charge in [0.2, 0.25) is 0 Å². The van der Waals surface area contributed by atoms with Crippen LogP contribution in [0.25, 0.3) is 10.9 Å². The van der Waals surface area contributed by atoms with Crippen LogP contribution in [0.1, 0.15) is 12.8 Å². The summed E-state index contributed by atoms with van der Waals surface area (Å²) in [6, 6.07) is 14.8. The highest BCUT2D eigenvalue weighted by molar-refractivity contribution is 6.35. The zero-order valence-corrected chi connectivity index (χ0v) is 17.2. The van der Waals surface area contributed by atoms with Gasteiger partial charge < -0.3 is 14.4 Å². The minimum absolute atomic E-state index is 0.0540. The number of amides is 1. The van der Waals surface area contributed by atoms with Crippen LogP contribution in [0.2, 0.25) is 10.0 Å². The number of halogens is 2.